The van der Waals surface area contributed by atoms with Crippen molar-refractivity contribution in [3.8, 4) is 23.0 Å². The molecule has 2 aromatic carbocycles. The van der Waals surface area contributed by atoms with Crippen LogP contribution in [0, 0.1) is 0 Å². The highest BCUT2D eigenvalue weighted by molar-refractivity contribution is 6.05. The van der Waals surface area contributed by atoms with E-state index < -0.39 is 17.9 Å². The number of ether oxygens (including phenoxy) is 4. The highest BCUT2D eigenvalue weighted by atomic mass is 16.5. The van der Waals surface area contributed by atoms with E-state index >= 15 is 0 Å². The summed E-state index contributed by atoms with van der Waals surface area (Å²) in [6.07, 6.45) is -0.0729. The third-order valence-corrected chi connectivity index (χ3v) is 5.24. The molecule has 170 valence electrons. The molecule has 0 fully saturated rings. The van der Waals surface area contributed by atoms with Crippen LogP contribution in [0.25, 0.3) is 0 Å². The second kappa shape index (κ2) is 10.0. The lowest BCUT2D eigenvalue weighted by molar-refractivity contribution is -0.141. The third kappa shape index (κ3) is 4.77. The molecule has 1 aliphatic heterocycles. The average molecular weight is 442 g/mol. The lowest BCUT2D eigenvalue weighted by atomic mass is 9.96. The van der Waals surface area contributed by atoms with Crippen molar-refractivity contribution in [1.82, 2.24) is 5.01 Å². The van der Waals surface area contributed by atoms with Crippen LogP contribution in [-0.4, -0.2) is 56.1 Å². The van der Waals surface area contributed by atoms with E-state index in [1.165, 1.54) is 12.1 Å². The van der Waals surface area contributed by atoms with E-state index in [-0.39, 0.29) is 12.8 Å². The Morgan fingerprint density at radius 3 is 2.22 bits per heavy atom. The van der Waals surface area contributed by atoms with Crippen molar-refractivity contribution in [1.29, 1.82) is 0 Å². The Morgan fingerprint density at radius 2 is 1.59 bits per heavy atom. The van der Waals surface area contributed by atoms with Gasteiger partial charge in [0.05, 0.1) is 46.6 Å². The number of hydrazone groups is 1. The van der Waals surface area contributed by atoms with Crippen LogP contribution in [0.4, 0.5) is 0 Å². The summed E-state index contributed by atoms with van der Waals surface area (Å²) in [6, 6.07) is 10.2. The smallest absolute Gasteiger partial charge is 0.303 e. The SMILES string of the molecule is COc1ccc([C@@H]2CC(c3cc(OC)ccc3OC)=NN2C(=O)CCC(=O)O)c(OC)c1. The summed E-state index contributed by atoms with van der Waals surface area (Å²) in [7, 11) is 6.22. The Kier molecular flexibility index (Phi) is 7.19. The summed E-state index contributed by atoms with van der Waals surface area (Å²) in [6.45, 7) is 0. The first kappa shape index (κ1) is 22.9. The average Bonchev–Trinajstić information content (AvgIpc) is 3.26. The summed E-state index contributed by atoms with van der Waals surface area (Å²) in [5.41, 5.74) is 2.04. The molecule has 0 aromatic heterocycles. The number of carbonyl (C=O) groups is 2. The molecule has 0 unspecified atom stereocenters. The van der Waals surface area contributed by atoms with Crippen molar-refractivity contribution in [2.45, 2.75) is 25.3 Å². The maximum Gasteiger partial charge on any atom is 0.303 e. The number of nitrogens with zero attached hydrogens (tertiary/aromatic N) is 2. The van der Waals surface area contributed by atoms with Gasteiger partial charge in [-0.25, -0.2) is 5.01 Å². The molecule has 1 N–H and O–H groups in total. The van der Waals surface area contributed by atoms with E-state index in [9.17, 15) is 9.59 Å². The van der Waals surface area contributed by atoms with Crippen LogP contribution in [0.1, 0.15) is 36.4 Å². The molecule has 1 amide bonds. The number of carbonyl (C=O) groups excluding carboxylic acids is 1. The summed E-state index contributed by atoms with van der Waals surface area (Å²) in [5.74, 6) is 0.923. The minimum atomic E-state index is -1.05. The number of rotatable bonds is 9. The molecule has 0 saturated carbocycles. The van der Waals surface area contributed by atoms with Gasteiger partial charge in [-0.15, -0.1) is 0 Å². The zero-order chi connectivity index (χ0) is 23.3. The van der Waals surface area contributed by atoms with Crippen molar-refractivity contribution < 1.29 is 33.6 Å². The van der Waals surface area contributed by atoms with Gasteiger partial charge in [-0.3, -0.25) is 9.59 Å². The molecule has 0 saturated heterocycles. The number of hydrogen-bond donors (Lipinski definition) is 1. The number of carboxylic acids is 1. The van der Waals surface area contributed by atoms with Gasteiger partial charge in [-0.1, -0.05) is 0 Å². The fourth-order valence-corrected chi connectivity index (χ4v) is 3.61. The normalized spacial score (nSPS) is 15.2. The van der Waals surface area contributed by atoms with E-state index in [0.717, 1.165) is 5.56 Å². The van der Waals surface area contributed by atoms with Crippen LogP contribution < -0.4 is 18.9 Å². The standard InChI is InChI=1S/C23H26N2O7/c1-29-14-6-8-20(31-3)17(11-14)18-13-19(25(24-18)22(26)9-10-23(27)28)16-7-5-15(30-2)12-21(16)32-4/h5-8,11-12,19H,9-10,13H2,1-4H3,(H,27,28)/t19-/m0/s1. The van der Waals surface area contributed by atoms with Gasteiger partial charge in [0, 0.05) is 30.0 Å². The van der Waals surface area contributed by atoms with Crippen molar-refractivity contribution in [2.75, 3.05) is 28.4 Å². The molecular formula is C23H26N2O7. The lowest BCUT2D eigenvalue weighted by Crippen LogP contribution is -2.27. The number of hydrogen-bond acceptors (Lipinski definition) is 7. The molecule has 9 nitrogen and oxygen atoms in total. The Morgan fingerprint density at radius 1 is 0.938 bits per heavy atom. The molecule has 32 heavy (non-hydrogen) atoms. The predicted molar refractivity (Wildman–Crippen MR) is 117 cm³/mol. The molecule has 2 aromatic rings. The van der Waals surface area contributed by atoms with Crippen molar-refractivity contribution >= 4 is 17.6 Å². The van der Waals surface area contributed by atoms with Gasteiger partial charge >= 0.3 is 5.97 Å². The fraction of sp³-hybridized carbons (Fsp3) is 0.348. The molecule has 3 rings (SSSR count). The quantitative estimate of drug-likeness (QED) is 0.635. The molecule has 0 bridgehead atoms. The van der Waals surface area contributed by atoms with Gasteiger partial charge in [0.25, 0.3) is 0 Å². The van der Waals surface area contributed by atoms with E-state index in [1.807, 2.05) is 6.07 Å². The first-order valence-electron chi connectivity index (χ1n) is 9.97. The summed E-state index contributed by atoms with van der Waals surface area (Å²) in [5, 5.41) is 14.9. The first-order chi connectivity index (χ1) is 15.4. The van der Waals surface area contributed by atoms with Gasteiger partial charge in [-0.05, 0) is 30.3 Å². The first-order valence-corrected chi connectivity index (χ1v) is 9.97. The summed E-state index contributed by atoms with van der Waals surface area (Å²) < 4.78 is 21.6. The Labute approximate surface area is 186 Å². The lowest BCUT2D eigenvalue weighted by Gasteiger charge is -2.23. The van der Waals surface area contributed by atoms with Crippen molar-refractivity contribution in [3.63, 3.8) is 0 Å². The van der Waals surface area contributed by atoms with Crippen molar-refractivity contribution in [3.05, 3.63) is 47.5 Å². The zero-order valence-corrected chi connectivity index (χ0v) is 18.5. The molecule has 1 aliphatic rings. The van der Waals surface area contributed by atoms with Gasteiger partial charge in [0.1, 0.15) is 23.0 Å². The van der Waals surface area contributed by atoms with Crippen LogP contribution in [0.2, 0.25) is 0 Å². The Bertz CT molecular complexity index is 1040. The van der Waals surface area contributed by atoms with Crippen LogP contribution in [-0.2, 0) is 9.59 Å². The molecule has 1 heterocycles. The van der Waals surface area contributed by atoms with E-state index in [4.69, 9.17) is 24.1 Å². The van der Waals surface area contributed by atoms with Crippen molar-refractivity contribution in [2.24, 2.45) is 5.10 Å². The number of aliphatic carboxylic acids is 1. The zero-order valence-electron chi connectivity index (χ0n) is 18.5. The maximum absolute atomic E-state index is 12.9. The molecule has 0 aliphatic carbocycles. The molecule has 0 spiro atoms. The van der Waals surface area contributed by atoms with Crippen LogP contribution in [0.15, 0.2) is 41.5 Å². The molecule has 9 heteroatoms. The maximum atomic E-state index is 12.9. The number of methoxy groups -OCH3 is 4. The van der Waals surface area contributed by atoms with Gasteiger partial charge in [0.2, 0.25) is 5.91 Å². The van der Waals surface area contributed by atoms with Crippen LogP contribution >= 0.6 is 0 Å². The fourth-order valence-electron chi connectivity index (χ4n) is 3.61. The topological polar surface area (TPSA) is 107 Å². The van der Waals surface area contributed by atoms with Gasteiger partial charge < -0.3 is 24.1 Å². The highest BCUT2D eigenvalue weighted by Gasteiger charge is 2.36. The molecular weight excluding hydrogens is 416 g/mol. The second-order valence-corrected chi connectivity index (χ2v) is 7.07. The van der Waals surface area contributed by atoms with E-state index in [1.54, 1.807) is 51.7 Å². The van der Waals surface area contributed by atoms with Crippen LogP contribution in [0.3, 0.4) is 0 Å². The number of amides is 1. The van der Waals surface area contributed by atoms with E-state index in [2.05, 4.69) is 5.10 Å². The minimum Gasteiger partial charge on any atom is -0.497 e. The van der Waals surface area contributed by atoms with E-state index in [0.29, 0.717) is 40.7 Å². The van der Waals surface area contributed by atoms with Gasteiger partial charge in [-0.2, -0.15) is 5.10 Å². The predicted octanol–water partition coefficient (Wildman–Crippen LogP) is 3.26. The molecule has 0 radical (unpaired) electrons. The highest BCUT2D eigenvalue weighted by Crippen LogP contribution is 2.41. The number of carboxylic acid groups (broad SMARTS) is 1. The Balaban J connectivity index is 2.05. The largest absolute Gasteiger partial charge is 0.497 e. The van der Waals surface area contributed by atoms with Gasteiger partial charge in [0.15, 0.2) is 0 Å². The summed E-state index contributed by atoms with van der Waals surface area (Å²) >= 11 is 0. The van der Waals surface area contributed by atoms with Crippen LogP contribution in [0.5, 0.6) is 23.0 Å². The number of benzene rings is 2. The molecule has 1 atom stereocenters. The third-order valence-electron chi connectivity index (χ3n) is 5.24. The minimum absolute atomic E-state index is 0.170. The Hall–Kier alpha value is -3.75. The second-order valence-electron chi connectivity index (χ2n) is 7.07. The summed E-state index contributed by atoms with van der Waals surface area (Å²) in [4.78, 5) is 24.0. The monoisotopic (exact) mass is 442 g/mol.